The largest absolute Gasteiger partial charge is 0.453 e. The number of ether oxygens (including phenoxy) is 1. The first-order valence-corrected chi connectivity index (χ1v) is 5.78. The number of anilines is 2. The highest BCUT2D eigenvalue weighted by atomic mass is 127. The van der Waals surface area contributed by atoms with Gasteiger partial charge in [0.05, 0.1) is 3.57 Å². The molecule has 0 aliphatic carbocycles. The van der Waals surface area contributed by atoms with E-state index in [4.69, 9.17) is 16.2 Å². The molecule has 0 spiro atoms. The van der Waals surface area contributed by atoms with Gasteiger partial charge < -0.3 is 16.2 Å². The number of nitrogens with two attached hydrogens (primary N) is 2. The number of hydrogen-bond donors (Lipinski definition) is 2. The molecule has 1 heterocycles. The fourth-order valence-electron chi connectivity index (χ4n) is 1.24. The predicted octanol–water partition coefficient (Wildman–Crippen LogP) is 2.78. The summed E-state index contributed by atoms with van der Waals surface area (Å²) in [5.41, 5.74) is 11.4. The van der Waals surface area contributed by atoms with Crippen LogP contribution in [-0.2, 0) is 0 Å². The molecule has 0 saturated carbocycles. The first kappa shape index (κ1) is 11.9. The molecule has 0 fully saturated rings. The second-order valence-corrected chi connectivity index (χ2v) is 4.38. The van der Waals surface area contributed by atoms with Gasteiger partial charge in [-0.25, -0.2) is 9.37 Å². The summed E-state index contributed by atoms with van der Waals surface area (Å²) in [4.78, 5) is 3.89. The van der Waals surface area contributed by atoms with Gasteiger partial charge in [0.1, 0.15) is 11.6 Å². The van der Waals surface area contributed by atoms with Crippen molar-refractivity contribution < 1.29 is 9.13 Å². The Kier molecular flexibility index (Phi) is 3.32. The maximum absolute atomic E-state index is 13.5. The molecule has 1 aromatic heterocycles. The zero-order chi connectivity index (χ0) is 12.4. The minimum Gasteiger partial charge on any atom is -0.453 e. The second-order valence-electron chi connectivity index (χ2n) is 3.30. The van der Waals surface area contributed by atoms with Crippen molar-refractivity contribution in [1.29, 1.82) is 0 Å². The van der Waals surface area contributed by atoms with E-state index in [0.29, 0.717) is 20.8 Å². The first-order chi connectivity index (χ1) is 8.08. The predicted molar refractivity (Wildman–Crippen MR) is 72.3 cm³/mol. The van der Waals surface area contributed by atoms with E-state index in [2.05, 4.69) is 4.98 Å². The lowest BCUT2D eigenvalue weighted by Crippen LogP contribution is -1.97. The lowest BCUT2D eigenvalue weighted by Gasteiger charge is -2.09. The zero-order valence-electron chi connectivity index (χ0n) is 8.65. The van der Waals surface area contributed by atoms with Crippen LogP contribution in [0.4, 0.5) is 15.9 Å². The number of benzene rings is 1. The van der Waals surface area contributed by atoms with E-state index in [-0.39, 0.29) is 5.75 Å². The average molecular weight is 345 g/mol. The molecule has 17 heavy (non-hydrogen) atoms. The van der Waals surface area contributed by atoms with Crippen LogP contribution in [0, 0.1) is 9.39 Å². The summed E-state index contributed by atoms with van der Waals surface area (Å²) in [6.07, 6.45) is 1.50. The van der Waals surface area contributed by atoms with E-state index < -0.39 is 5.82 Å². The van der Waals surface area contributed by atoms with Gasteiger partial charge >= 0.3 is 0 Å². The fraction of sp³-hybridized carbons (Fsp3) is 0. The number of halogens is 2. The Morgan fingerprint density at radius 2 is 1.94 bits per heavy atom. The Hall–Kier alpha value is -1.57. The number of rotatable bonds is 2. The second kappa shape index (κ2) is 4.74. The standard InChI is InChI=1S/C11H9FIN3O/c12-7-5-6(14)1-2-8(7)17-9-3-4-16-11(15)10(9)13/h1-5H,14H2,(H2,15,16). The highest BCUT2D eigenvalue weighted by Gasteiger charge is 2.09. The van der Waals surface area contributed by atoms with Crippen molar-refractivity contribution >= 4 is 34.1 Å². The van der Waals surface area contributed by atoms with Gasteiger partial charge in [-0.3, -0.25) is 0 Å². The Morgan fingerprint density at radius 3 is 2.65 bits per heavy atom. The summed E-state index contributed by atoms with van der Waals surface area (Å²) < 4.78 is 19.6. The third-order valence-corrected chi connectivity index (χ3v) is 3.14. The molecule has 0 aliphatic heterocycles. The van der Waals surface area contributed by atoms with E-state index in [0.717, 1.165) is 0 Å². The summed E-state index contributed by atoms with van der Waals surface area (Å²) in [5.74, 6) is 0.389. The molecule has 6 heteroatoms. The van der Waals surface area contributed by atoms with E-state index in [1.807, 2.05) is 22.6 Å². The van der Waals surface area contributed by atoms with Crippen molar-refractivity contribution in [3.05, 3.63) is 39.8 Å². The highest BCUT2D eigenvalue weighted by molar-refractivity contribution is 14.1. The van der Waals surface area contributed by atoms with Crippen LogP contribution in [0.5, 0.6) is 11.5 Å². The number of nitrogens with zero attached hydrogens (tertiary/aromatic N) is 1. The summed E-state index contributed by atoms with van der Waals surface area (Å²) in [5, 5.41) is 0. The monoisotopic (exact) mass is 345 g/mol. The van der Waals surface area contributed by atoms with Crippen molar-refractivity contribution in [2.75, 3.05) is 11.5 Å². The number of pyridine rings is 1. The molecular weight excluding hydrogens is 336 g/mol. The van der Waals surface area contributed by atoms with Gasteiger partial charge in [0.2, 0.25) is 0 Å². The van der Waals surface area contributed by atoms with Crippen LogP contribution in [0.2, 0.25) is 0 Å². The Labute approximate surface area is 111 Å². The van der Waals surface area contributed by atoms with Gasteiger partial charge in [-0.1, -0.05) is 0 Å². The maximum Gasteiger partial charge on any atom is 0.167 e. The van der Waals surface area contributed by atoms with Crippen molar-refractivity contribution in [3.8, 4) is 11.5 Å². The Morgan fingerprint density at radius 1 is 1.18 bits per heavy atom. The molecule has 2 aromatic rings. The van der Waals surface area contributed by atoms with Crippen LogP contribution in [0.1, 0.15) is 0 Å². The summed E-state index contributed by atoms with van der Waals surface area (Å²) in [6, 6.07) is 5.86. The van der Waals surface area contributed by atoms with Crippen LogP contribution < -0.4 is 16.2 Å². The Bertz CT molecular complexity index is 562. The van der Waals surface area contributed by atoms with Gasteiger partial charge in [-0.2, -0.15) is 0 Å². The van der Waals surface area contributed by atoms with Crippen molar-refractivity contribution in [2.45, 2.75) is 0 Å². The first-order valence-electron chi connectivity index (χ1n) is 4.71. The molecule has 0 aliphatic rings. The van der Waals surface area contributed by atoms with Crippen molar-refractivity contribution in [2.24, 2.45) is 0 Å². The van der Waals surface area contributed by atoms with E-state index in [9.17, 15) is 4.39 Å². The van der Waals surface area contributed by atoms with Crippen molar-refractivity contribution in [3.63, 3.8) is 0 Å². The third kappa shape index (κ3) is 2.57. The topological polar surface area (TPSA) is 74.2 Å². The molecule has 88 valence electrons. The highest BCUT2D eigenvalue weighted by Crippen LogP contribution is 2.30. The Balaban J connectivity index is 2.35. The van der Waals surface area contributed by atoms with E-state index >= 15 is 0 Å². The minimum absolute atomic E-state index is 0.0997. The zero-order valence-corrected chi connectivity index (χ0v) is 10.8. The van der Waals surface area contributed by atoms with Crippen LogP contribution in [0.25, 0.3) is 0 Å². The summed E-state index contributed by atoms with van der Waals surface area (Å²) in [7, 11) is 0. The normalized spacial score (nSPS) is 10.2. The third-order valence-electron chi connectivity index (χ3n) is 2.06. The molecule has 0 radical (unpaired) electrons. The molecule has 0 amide bonds. The molecule has 4 nitrogen and oxygen atoms in total. The lowest BCUT2D eigenvalue weighted by atomic mass is 10.3. The van der Waals surface area contributed by atoms with Crippen LogP contribution in [-0.4, -0.2) is 4.98 Å². The van der Waals surface area contributed by atoms with Crippen LogP contribution in [0.3, 0.4) is 0 Å². The average Bonchev–Trinajstić information content (AvgIpc) is 2.28. The number of hydrogen-bond acceptors (Lipinski definition) is 4. The van der Waals surface area contributed by atoms with Crippen molar-refractivity contribution in [1.82, 2.24) is 4.98 Å². The maximum atomic E-state index is 13.5. The molecular formula is C11H9FIN3O. The number of nitrogen functional groups attached to an aromatic ring is 2. The van der Waals surface area contributed by atoms with Gasteiger partial charge in [0.25, 0.3) is 0 Å². The molecule has 1 aromatic carbocycles. The molecule has 0 atom stereocenters. The smallest absolute Gasteiger partial charge is 0.167 e. The molecule has 0 saturated heterocycles. The quantitative estimate of drug-likeness (QED) is 0.648. The van der Waals surface area contributed by atoms with Crippen LogP contribution in [0.15, 0.2) is 30.5 Å². The molecule has 0 unspecified atom stereocenters. The SMILES string of the molecule is Nc1ccc(Oc2ccnc(N)c2I)c(F)c1. The minimum atomic E-state index is -0.517. The van der Waals surface area contributed by atoms with Gasteiger partial charge in [0, 0.05) is 24.0 Å². The number of aromatic nitrogens is 1. The fourth-order valence-corrected chi connectivity index (χ4v) is 1.67. The lowest BCUT2D eigenvalue weighted by molar-refractivity contribution is 0.440. The molecule has 4 N–H and O–H groups in total. The molecule has 2 rings (SSSR count). The van der Waals surface area contributed by atoms with E-state index in [1.165, 1.54) is 18.3 Å². The summed E-state index contributed by atoms with van der Waals surface area (Å²) >= 11 is 1.99. The van der Waals surface area contributed by atoms with Crippen LogP contribution >= 0.6 is 22.6 Å². The van der Waals surface area contributed by atoms with E-state index in [1.54, 1.807) is 12.1 Å². The summed E-state index contributed by atoms with van der Waals surface area (Å²) in [6.45, 7) is 0. The van der Waals surface area contributed by atoms with Gasteiger partial charge in [-0.15, -0.1) is 0 Å². The van der Waals surface area contributed by atoms with Gasteiger partial charge in [0.15, 0.2) is 11.6 Å². The molecule has 0 bridgehead atoms. The van der Waals surface area contributed by atoms with Gasteiger partial charge in [-0.05, 0) is 34.7 Å².